The molecule has 36 nitrogen and oxygen atoms in total. The van der Waals surface area contributed by atoms with Crippen molar-refractivity contribution in [3.63, 3.8) is 0 Å². The number of aromatic nitrogens is 8. The number of aliphatic hydroxyl groups excluding tert-OH is 5. The number of imidazole rings is 1. The molecule has 8 rings (SSSR count). The van der Waals surface area contributed by atoms with E-state index in [1.165, 1.54) is 17.8 Å². The molecular formula is C37H53N10O26P3. The number of rotatable bonds is 21. The van der Waals surface area contributed by atoms with Gasteiger partial charge in [0.2, 0.25) is 0 Å². The third-order valence-electron chi connectivity index (χ3n) is 12.4. The molecule has 0 aliphatic carbocycles. The van der Waals surface area contributed by atoms with Crippen LogP contribution < -0.4 is 28.4 Å². The van der Waals surface area contributed by atoms with E-state index in [-0.39, 0.29) is 28.4 Å². The van der Waals surface area contributed by atoms with Gasteiger partial charge in [0.05, 0.1) is 32.8 Å². The Morgan fingerprint density at radius 1 is 0.724 bits per heavy atom. The molecule has 19 atom stereocenters. The fraction of sp³-hybridized carbons (Fsp3) is 0.649. The third kappa shape index (κ3) is 12.5. The monoisotopic (exact) mass is 1150 g/mol. The summed E-state index contributed by atoms with van der Waals surface area (Å²) in [7, 11) is -13.7. The summed E-state index contributed by atoms with van der Waals surface area (Å²) >= 11 is 0. The second kappa shape index (κ2) is 23.1. The minimum absolute atomic E-state index is 0.0378. The lowest BCUT2D eigenvalue weighted by molar-refractivity contribution is -0.299. The number of aryl methyl sites for hydroxylation is 1. The van der Waals surface area contributed by atoms with Crippen LogP contribution in [0.5, 0.6) is 0 Å². The van der Waals surface area contributed by atoms with Gasteiger partial charge in [-0.05, 0) is 13.0 Å². The number of ether oxygens (including phenoxy) is 6. The Labute approximate surface area is 425 Å². The first-order valence-electron chi connectivity index (χ1n) is 22.4. The van der Waals surface area contributed by atoms with E-state index >= 15 is 0 Å². The summed E-state index contributed by atoms with van der Waals surface area (Å²) in [6.07, 6.45) is -22.7. The predicted molar refractivity (Wildman–Crippen MR) is 245 cm³/mol. The Hall–Kier alpha value is -4.40. The molecule has 39 heteroatoms. The molecule has 76 heavy (non-hydrogen) atoms. The molecule has 4 fully saturated rings. The maximum absolute atomic E-state index is 13.9. The molecular weight excluding hydrogens is 1090 g/mol. The van der Waals surface area contributed by atoms with E-state index in [2.05, 4.69) is 29.4 Å². The number of fused-ring (bicyclic) bond motifs is 1. The minimum Gasteiger partial charge on any atom is -0.387 e. The van der Waals surface area contributed by atoms with Gasteiger partial charge in [-0.3, -0.25) is 50.6 Å². The molecule has 4 aromatic rings. The molecule has 4 aliphatic rings. The topological polar surface area (TPSA) is 509 Å². The molecule has 422 valence electrons. The van der Waals surface area contributed by atoms with Gasteiger partial charge in [-0.25, -0.2) is 38.2 Å². The molecule has 0 radical (unpaired) electrons. The van der Waals surface area contributed by atoms with Crippen LogP contribution >= 0.6 is 23.5 Å². The summed E-state index contributed by atoms with van der Waals surface area (Å²) in [5.41, 5.74) is 9.03. The van der Waals surface area contributed by atoms with Crippen LogP contribution in [0.4, 0.5) is 11.6 Å². The fourth-order valence-electron chi connectivity index (χ4n) is 8.51. The molecule has 0 saturated carbocycles. The van der Waals surface area contributed by atoms with Gasteiger partial charge in [-0.2, -0.15) is 4.98 Å². The number of methoxy groups -OCH3 is 1. The van der Waals surface area contributed by atoms with Crippen molar-refractivity contribution in [1.82, 2.24) is 38.6 Å². The number of phosphoric ester groups is 3. The molecule has 0 bridgehead atoms. The summed E-state index contributed by atoms with van der Waals surface area (Å²) in [6.45, 7) is -2.23. The summed E-state index contributed by atoms with van der Waals surface area (Å²) < 4.78 is 107. The van der Waals surface area contributed by atoms with Crippen molar-refractivity contribution in [2.75, 3.05) is 52.1 Å². The normalized spacial score (nSPS) is 34.3. The van der Waals surface area contributed by atoms with Gasteiger partial charge in [0.15, 0.2) is 30.2 Å². The van der Waals surface area contributed by atoms with Gasteiger partial charge >= 0.3 is 34.8 Å². The number of phosphoric acid groups is 3. The van der Waals surface area contributed by atoms with Gasteiger partial charge in [-0.15, -0.1) is 0 Å². The van der Waals surface area contributed by atoms with Crippen LogP contribution in [0.1, 0.15) is 30.7 Å². The zero-order valence-corrected chi connectivity index (χ0v) is 42.4. The highest BCUT2D eigenvalue weighted by molar-refractivity contribution is 7.48. The number of H-pyrrole nitrogens is 1. The van der Waals surface area contributed by atoms with Crippen LogP contribution in [0.25, 0.3) is 11.2 Å². The number of nitrogens with zero attached hydrogens (tertiary/aromatic N) is 7. The van der Waals surface area contributed by atoms with E-state index in [0.29, 0.717) is 4.57 Å². The van der Waals surface area contributed by atoms with Crippen molar-refractivity contribution in [1.29, 1.82) is 0 Å². The van der Waals surface area contributed by atoms with E-state index in [1.807, 2.05) is 0 Å². The maximum Gasteiger partial charge on any atom is 0.472 e. The van der Waals surface area contributed by atoms with Crippen molar-refractivity contribution in [2.45, 2.75) is 112 Å². The van der Waals surface area contributed by atoms with Gasteiger partial charge in [0, 0.05) is 38.6 Å². The van der Waals surface area contributed by atoms with Crippen molar-refractivity contribution in [3.05, 3.63) is 68.0 Å². The van der Waals surface area contributed by atoms with E-state index in [0.717, 1.165) is 43.6 Å². The SMILES string of the molecule is CO[C@H]1O[C@H](CO[C@H]2[C@@H](O)[C@H](n3cnc4c(N)ncnc43)O[C@@H]2COP(=O)(O)O[C@H]2[C@@H](O)[C@H](n3ccc(N)nc3=O)O[C@@H]2COP(=O)(O)O[C@H]2C[C@H](n3cc(C)c(=O)[nH]c3=O)O[C@@H]2COP(=O)(O)OC)[C@@H](O)[C@H](O)[C@H]1O. The lowest BCUT2D eigenvalue weighted by atomic mass is 9.99. The van der Waals surface area contributed by atoms with E-state index in [1.54, 1.807) is 0 Å². The molecule has 4 aromatic heterocycles. The average Bonchev–Trinajstić information content (AvgIpc) is 4.16. The molecule has 8 heterocycles. The summed E-state index contributed by atoms with van der Waals surface area (Å²) in [5, 5.41) is 54.6. The maximum atomic E-state index is 13.9. The van der Waals surface area contributed by atoms with Crippen molar-refractivity contribution >= 4 is 46.3 Å². The number of hydrogen-bond donors (Lipinski definition) is 11. The molecule has 0 aromatic carbocycles. The van der Waals surface area contributed by atoms with Gasteiger partial charge in [-0.1, -0.05) is 0 Å². The standard InChI is InChI=1S/C37H53N10O26P3/c1-14-7-46(37(55)44-32(14)53)21-6-15(16(68-21)9-65-74(56,57)63-3)72-75(58,59)66-11-19-29(27(52)33(70-19)45-5-4-20(38)43-36(45)54)73-76(60,61)67-10-18-28(64-8-17-23(48)24(49)25(50)35(62-2)71-17)26(51)34(69-18)47-13-42-22-30(39)40-12-41-31(22)47/h4-5,7,12-13,15-19,21,23-29,33-35,48-52H,6,8-11H2,1-3H3,(H,56,57)(H,58,59)(H,60,61)(H2,38,43,54)(H2,39,40,41)(H,44,53,55)/t15-,16+,17+,18+,19+,21+,23+,24-,25+,26+,27+,28+,29+,33+,34+,35-/m0/s1. The smallest absolute Gasteiger partial charge is 0.387 e. The fourth-order valence-corrected chi connectivity index (χ4v) is 10.9. The number of hydrogen-bond acceptors (Lipinski definition) is 29. The first-order chi connectivity index (χ1) is 35.8. The van der Waals surface area contributed by atoms with Crippen LogP contribution in [0.2, 0.25) is 0 Å². The molecule has 4 saturated heterocycles. The van der Waals surface area contributed by atoms with Gasteiger partial charge < -0.3 is 80.1 Å². The largest absolute Gasteiger partial charge is 0.472 e. The Morgan fingerprint density at radius 3 is 2.03 bits per heavy atom. The van der Waals surface area contributed by atoms with Crippen LogP contribution in [-0.2, 0) is 69.3 Å². The first-order valence-corrected chi connectivity index (χ1v) is 26.9. The molecule has 0 spiro atoms. The van der Waals surface area contributed by atoms with E-state index in [4.69, 9.17) is 62.5 Å². The number of aliphatic hydroxyl groups is 5. The lowest BCUT2D eigenvalue weighted by Gasteiger charge is -2.40. The van der Waals surface area contributed by atoms with Crippen molar-refractivity contribution in [2.24, 2.45) is 0 Å². The average molecular weight is 1150 g/mol. The quantitative estimate of drug-likeness (QED) is 0.0350. The Kier molecular flexibility index (Phi) is 17.6. The number of nitrogen functional groups attached to an aromatic ring is 2. The third-order valence-corrected chi connectivity index (χ3v) is 15.3. The minimum atomic E-state index is -5.56. The van der Waals surface area contributed by atoms with E-state index in [9.17, 15) is 68.3 Å². The first kappa shape index (κ1) is 57.8. The molecule has 13 N–H and O–H groups in total. The van der Waals surface area contributed by atoms with Crippen LogP contribution in [0.15, 0.2) is 45.5 Å². The van der Waals surface area contributed by atoms with Gasteiger partial charge in [0.1, 0.15) is 97.1 Å². The molecule has 3 unspecified atom stereocenters. The highest BCUT2D eigenvalue weighted by atomic mass is 31.2. The zero-order valence-electron chi connectivity index (χ0n) is 39.7. The molecule has 4 aliphatic heterocycles. The van der Waals surface area contributed by atoms with Crippen LogP contribution in [0.3, 0.4) is 0 Å². The van der Waals surface area contributed by atoms with Crippen molar-refractivity contribution < 1.29 is 109 Å². The lowest BCUT2D eigenvalue weighted by Crippen LogP contribution is -2.59. The Bertz CT molecular complexity index is 3040. The van der Waals surface area contributed by atoms with Gasteiger partial charge in [0.25, 0.3) is 5.56 Å². The second-order valence-electron chi connectivity index (χ2n) is 17.3. The Balaban J connectivity index is 1.01. The highest BCUT2D eigenvalue weighted by Gasteiger charge is 2.53. The predicted octanol–water partition coefficient (Wildman–Crippen LogP) is -4.48. The summed E-state index contributed by atoms with van der Waals surface area (Å²) in [6, 6.07) is 1.13. The highest BCUT2D eigenvalue weighted by Crippen LogP contribution is 2.53. The van der Waals surface area contributed by atoms with Crippen molar-refractivity contribution in [3.8, 4) is 0 Å². The number of aromatic amines is 1. The summed E-state index contributed by atoms with van der Waals surface area (Å²) in [4.78, 5) is 87.7. The van der Waals surface area contributed by atoms with E-state index < -0.39 is 171 Å². The number of anilines is 2. The summed E-state index contributed by atoms with van der Waals surface area (Å²) in [5.74, 6) is -0.288. The van der Waals surface area contributed by atoms with Crippen LogP contribution in [0, 0.1) is 6.92 Å². The van der Waals surface area contributed by atoms with Crippen LogP contribution in [-0.4, -0.2) is 199 Å². The zero-order chi connectivity index (χ0) is 55.2. The second-order valence-corrected chi connectivity index (χ2v) is 21.7. The number of nitrogens with two attached hydrogens (primary N) is 2. The Morgan fingerprint density at radius 2 is 1.36 bits per heavy atom. The number of nitrogens with one attached hydrogen (secondary N) is 1. The molecule has 0 amide bonds.